The van der Waals surface area contributed by atoms with Gasteiger partial charge < -0.3 is 0 Å². The first-order valence-electron chi connectivity index (χ1n) is 5.39. The summed E-state index contributed by atoms with van der Waals surface area (Å²) < 4.78 is -0.0217. The van der Waals surface area contributed by atoms with E-state index in [1.165, 1.54) is 18.2 Å². The van der Waals surface area contributed by atoms with E-state index in [2.05, 4.69) is 4.98 Å². The van der Waals surface area contributed by atoms with Crippen LogP contribution in [0.4, 0.5) is 5.69 Å². The number of nitro benzene ring substituents is 1. The molecule has 116 valence electrons. The normalized spacial score (nSPS) is 14.1. The second-order valence-corrected chi connectivity index (χ2v) is 51.4. The van der Waals surface area contributed by atoms with Gasteiger partial charge in [-0.3, -0.25) is 0 Å². The Morgan fingerprint density at radius 3 is 1.86 bits per heavy atom. The molecule has 2 rings (SSSR count). The molecule has 4 nitrogen and oxygen atoms in total. The van der Waals surface area contributed by atoms with Crippen LogP contribution in [0.15, 0.2) is 54.9 Å². The summed E-state index contributed by atoms with van der Waals surface area (Å²) in [4.78, 5) is 12.8. The van der Waals surface area contributed by atoms with E-state index in [-0.39, 0.29) is 9.20 Å². The molecule has 0 saturated heterocycles. The van der Waals surface area contributed by atoms with Gasteiger partial charge in [-0.05, 0) is 0 Å². The number of nitrogens with one attached hydrogen (secondary N) is 1. The number of rotatable bonds is 2. The molecule has 21 heavy (non-hydrogen) atoms. The molecule has 1 heterocycles. The Bertz CT molecular complexity index is 607. The number of hydrogen-bond donors (Lipinski definition) is 0. The summed E-state index contributed by atoms with van der Waals surface area (Å²) in [6, 6.07) is 10.9. The molecule has 0 saturated carbocycles. The zero-order chi connectivity index (χ0) is 16.2. The van der Waals surface area contributed by atoms with E-state index in [4.69, 9.17) is 44.1 Å². The standard InChI is InChI=1S/C6H4NO2.C5H5N.5ClH.Sb/c8-7(9)6-4-2-1-3-5-6;1-2-4-6-5-3-1;;;;;;/h1-2,4-5H;1-5H;5*1H;/q;;;;;;;+4/p-4. The van der Waals surface area contributed by atoms with Gasteiger partial charge in [-0.2, -0.15) is 0 Å². The zero-order valence-corrected chi connectivity index (χ0v) is 16.6. The Morgan fingerprint density at radius 1 is 0.952 bits per heavy atom. The van der Waals surface area contributed by atoms with Crippen molar-refractivity contribution in [2.45, 2.75) is 0 Å². The van der Waals surface area contributed by atoms with E-state index in [9.17, 15) is 10.1 Å². The third-order valence-electron chi connectivity index (χ3n) is 2.14. The van der Waals surface area contributed by atoms with E-state index in [0.29, 0.717) is 0 Å². The third kappa shape index (κ3) is 7.23. The Balaban J connectivity index is 0.000000304. The molecule has 0 aliphatic heterocycles. The van der Waals surface area contributed by atoms with Gasteiger partial charge in [0.2, 0.25) is 0 Å². The van der Waals surface area contributed by atoms with Crippen LogP contribution < -0.4 is 8.49 Å². The fraction of sp³-hybridized carbons (Fsp3) is 0. The largest absolute Gasteiger partial charge is 0.218 e. The quantitative estimate of drug-likeness (QED) is 0.350. The van der Waals surface area contributed by atoms with Crippen LogP contribution in [-0.2, 0) is 0 Å². The van der Waals surface area contributed by atoms with E-state index in [1.807, 2.05) is 30.6 Å². The molecule has 0 radical (unpaired) electrons. The van der Waals surface area contributed by atoms with Crippen LogP contribution in [0.5, 0.6) is 0 Å². The molecule has 1 aromatic carbocycles. The molecule has 0 spiro atoms. The van der Waals surface area contributed by atoms with Crippen molar-refractivity contribution >= 4 is 63.6 Å². The number of nitrogens with zero attached hydrogens (tertiary/aromatic N) is 1. The number of aromatic nitrogens is 1. The first kappa shape index (κ1) is 19.1. The number of H-pyrrole nitrogens is 1. The van der Waals surface area contributed by atoms with Gasteiger partial charge >= 0.3 is 103 Å². The van der Waals surface area contributed by atoms with Gasteiger partial charge in [-0.1, -0.05) is 6.07 Å². The first-order valence-corrected chi connectivity index (χ1v) is 22.8. The Labute approximate surface area is 137 Å². The summed E-state index contributed by atoms with van der Waals surface area (Å²) in [6.07, 6.45) is 3.75. The fourth-order valence-corrected chi connectivity index (χ4v) is 6.86. The molecule has 0 bridgehead atoms. The van der Waals surface area contributed by atoms with Crippen molar-refractivity contribution in [1.82, 2.24) is 0 Å². The summed E-state index contributed by atoms with van der Waals surface area (Å²) in [6.45, 7) is 0. The predicted octanol–water partition coefficient (Wildman–Crippen LogP) is 4.34. The van der Waals surface area contributed by atoms with Crippen LogP contribution in [0, 0.1) is 10.1 Å². The van der Waals surface area contributed by atoms with Gasteiger partial charge in [0.25, 0.3) is 0 Å². The van der Waals surface area contributed by atoms with Gasteiger partial charge in [-0.25, -0.2) is 4.98 Å². The molecule has 0 aliphatic carbocycles. The van der Waals surface area contributed by atoms with Crippen molar-refractivity contribution < 1.29 is 9.91 Å². The van der Waals surface area contributed by atoms with Crippen molar-refractivity contribution in [3.8, 4) is 0 Å². The summed E-state index contributed by atoms with van der Waals surface area (Å²) in [5.41, 5.74) is -0.230. The number of aromatic amines is 1. The topological polar surface area (TPSA) is 57.3 Å². The molecule has 1 aromatic heterocycles. The van der Waals surface area contributed by atoms with Gasteiger partial charge in [0.15, 0.2) is 12.4 Å². The van der Waals surface area contributed by atoms with Crippen LogP contribution in [0.2, 0.25) is 0 Å². The van der Waals surface area contributed by atoms with Gasteiger partial charge in [0, 0.05) is 12.1 Å². The van der Waals surface area contributed by atoms with Crippen LogP contribution in [0.25, 0.3) is 0 Å². The smallest absolute Gasteiger partial charge is 0.166 e. The van der Waals surface area contributed by atoms with Crippen LogP contribution in [0.3, 0.4) is 0 Å². The van der Waals surface area contributed by atoms with Crippen molar-refractivity contribution in [2.24, 2.45) is 0 Å². The molecule has 1 N–H and O–H groups in total. The molecule has 0 unspecified atom stereocenters. The number of halogens is 5. The number of hydrogen-bond acceptors (Lipinski definition) is 2. The van der Waals surface area contributed by atoms with Crippen LogP contribution >= 0.6 is 44.1 Å². The van der Waals surface area contributed by atoms with E-state index < -0.39 is 15.2 Å². The zero-order valence-electron chi connectivity index (χ0n) is 10.3. The monoisotopic (exact) mass is 498 g/mol. The third-order valence-corrected chi connectivity index (χ3v) is 12.3. The number of pyridine rings is 1. The molecule has 0 atom stereocenters. The van der Waals surface area contributed by atoms with E-state index in [1.54, 1.807) is 0 Å². The molecule has 2 aromatic rings. The second-order valence-electron chi connectivity index (χ2n) is 3.92. The molecule has 0 aliphatic rings. The minimum Gasteiger partial charge on any atom is -0.218 e. The van der Waals surface area contributed by atoms with Gasteiger partial charge in [0.05, 0.1) is 0 Å². The summed E-state index contributed by atoms with van der Waals surface area (Å²) >= 11 is 0. The number of nitro groups is 1. The SMILES string of the molecule is O=[N+]([O-])c1ccc[c]([Sb-]([Cl])([Cl])([Cl])([Cl])[Cl])c1.c1cc[nH+]cc1. The first-order chi connectivity index (χ1) is 9.40. The molecule has 10 heteroatoms. The van der Waals surface area contributed by atoms with Crippen LogP contribution in [0.1, 0.15) is 0 Å². The Morgan fingerprint density at radius 2 is 1.52 bits per heavy atom. The van der Waals surface area contributed by atoms with Gasteiger partial charge in [-0.15, -0.1) is 0 Å². The fourth-order valence-electron chi connectivity index (χ4n) is 1.21. The van der Waals surface area contributed by atoms with Gasteiger partial charge in [0.1, 0.15) is 0 Å². The van der Waals surface area contributed by atoms with Crippen molar-refractivity contribution in [3.63, 3.8) is 0 Å². The second kappa shape index (κ2) is 6.27. The molecule has 0 amide bonds. The number of non-ortho nitro benzene ring substituents is 1. The minimum atomic E-state index is -5.88. The number of benzene rings is 1. The maximum atomic E-state index is 10.5. The van der Waals surface area contributed by atoms with Crippen LogP contribution in [-0.4, -0.2) is 15.2 Å². The molecule has 0 fully saturated rings. The molecular formula is C11H10Cl5N2O2Sb. The van der Waals surface area contributed by atoms with Crippen molar-refractivity contribution in [3.05, 3.63) is 65.0 Å². The van der Waals surface area contributed by atoms with E-state index >= 15 is 0 Å². The average Bonchev–Trinajstić information content (AvgIpc) is 2.39. The Kier molecular flexibility index (Phi) is 5.70. The molecular weight excluding hydrogens is 491 g/mol. The summed E-state index contributed by atoms with van der Waals surface area (Å²) in [7, 11) is 23.0. The van der Waals surface area contributed by atoms with E-state index in [0.717, 1.165) is 6.07 Å². The predicted molar refractivity (Wildman–Crippen MR) is 90.7 cm³/mol. The minimum absolute atomic E-state index is 0.0217. The summed E-state index contributed by atoms with van der Waals surface area (Å²) in [5, 5.41) is 10.5. The average molecular weight is 501 g/mol. The summed E-state index contributed by atoms with van der Waals surface area (Å²) in [5.74, 6) is 0. The maximum absolute atomic E-state index is 10.5. The van der Waals surface area contributed by atoms with Crippen molar-refractivity contribution in [1.29, 1.82) is 0 Å². The maximum Gasteiger partial charge on any atom is 0.166 e. The Hall–Kier alpha value is 0.0382. The van der Waals surface area contributed by atoms with Crippen molar-refractivity contribution in [2.75, 3.05) is 0 Å².